The van der Waals surface area contributed by atoms with E-state index in [4.69, 9.17) is 4.84 Å². The van der Waals surface area contributed by atoms with E-state index in [1.165, 1.54) is 5.56 Å². The Morgan fingerprint density at radius 2 is 1.67 bits per heavy atom. The molecule has 3 aromatic rings. The van der Waals surface area contributed by atoms with Crippen molar-refractivity contribution in [2.45, 2.75) is 19.2 Å². The summed E-state index contributed by atoms with van der Waals surface area (Å²) in [6.45, 7) is 2.20. The third-order valence-electron chi connectivity index (χ3n) is 4.25. The third kappa shape index (κ3) is 2.69. The summed E-state index contributed by atoms with van der Waals surface area (Å²) >= 11 is 1.69. The molecular weight excluding hydrogens is 316 g/mol. The second-order valence-corrected chi connectivity index (χ2v) is 6.73. The van der Waals surface area contributed by atoms with Crippen LogP contribution in [0.4, 0.5) is 0 Å². The van der Waals surface area contributed by atoms with Gasteiger partial charge in [-0.2, -0.15) is 0 Å². The largest absolute Gasteiger partial charge is 0.362 e. The molecule has 0 radical (unpaired) electrons. The Kier molecular flexibility index (Phi) is 4.05. The van der Waals surface area contributed by atoms with Crippen LogP contribution in [0.25, 0.3) is 0 Å². The number of amidine groups is 1. The lowest BCUT2D eigenvalue weighted by Crippen LogP contribution is -2.33. The van der Waals surface area contributed by atoms with Gasteiger partial charge < -0.3 is 9.74 Å². The lowest BCUT2D eigenvalue weighted by molar-refractivity contribution is -0.00283. The van der Waals surface area contributed by atoms with Gasteiger partial charge in [-0.15, -0.1) is 11.3 Å². The molecule has 0 fully saturated rings. The molecule has 0 bridgehead atoms. The molecule has 24 heavy (non-hydrogen) atoms. The Bertz CT molecular complexity index is 815. The van der Waals surface area contributed by atoms with Crippen molar-refractivity contribution in [1.29, 1.82) is 0 Å². The molecule has 0 saturated carbocycles. The molecule has 1 aliphatic heterocycles. The first-order valence-electron chi connectivity index (χ1n) is 8.00. The standard InChI is InChI=1S/C20H18N2OS/c1-15(16-9-4-2-5-10-16)22-19(17-11-6-3-7-12-17)21-23-20(22)18-13-8-14-24-18/h2-15,20H,1H3. The van der Waals surface area contributed by atoms with Gasteiger partial charge in [-0.1, -0.05) is 71.9 Å². The zero-order valence-corrected chi connectivity index (χ0v) is 14.2. The van der Waals surface area contributed by atoms with E-state index in [-0.39, 0.29) is 12.3 Å². The molecule has 0 N–H and O–H groups in total. The number of hydrogen-bond donors (Lipinski definition) is 0. The van der Waals surface area contributed by atoms with Gasteiger partial charge in [0.1, 0.15) is 0 Å². The molecule has 1 aliphatic rings. The number of thiophene rings is 1. The van der Waals surface area contributed by atoms with Crippen molar-refractivity contribution in [2.75, 3.05) is 0 Å². The predicted molar refractivity (Wildman–Crippen MR) is 97.8 cm³/mol. The van der Waals surface area contributed by atoms with E-state index in [0.29, 0.717) is 0 Å². The minimum Gasteiger partial charge on any atom is -0.362 e. The fourth-order valence-electron chi connectivity index (χ4n) is 3.00. The maximum atomic E-state index is 5.84. The molecule has 120 valence electrons. The molecule has 3 nitrogen and oxygen atoms in total. The van der Waals surface area contributed by atoms with Gasteiger partial charge >= 0.3 is 0 Å². The van der Waals surface area contributed by atoms with Gasteiger partial charge in [-0.25, -0.2) is 0 Å². The van der Waals surface area contributed by atoms with E-state index < -0.39 is 0 Å². The molecule has 0 saturated heterocycles. The van der Waals surface area contributed by atoms with E-state index in [1.54, 1.807) is 11.3 Å². The highest BCUT2D eigenvalue weighted by atomic mass is 32.1. The van der Waals surface area contributed by atoms with Gasteiger partial charge in [0.15, 0.2) is 5.84 Å². The van der Waals surface area contributed by atoms with Crippen LogP contribution in [-0.2, 0) is 4.84 Å². The summed E-state index contributed by atoms with van der Waals surface area (Å²) in [5, 5.41) is 6.49. The van der Waals surface area contributed by atoms with Crippen LogP contribution < -0.4 is 0 Å². The second kappa shape index (κ2) is 6.49. The van der Waals surface area contributed by atoms with Crippen LogP contribution in [0.1, 0.15) is 35.2 Å². The molecule has 2 atom stereocenters. The first-order chi connectivity index (χ1) is 11.8. The highest BCUT2D eigenvalue weighted by Crippen LogP contribution is 2.39. The average Bonchev–Trinajstić information content (AvgIpc) is 3.32. The van der Waals surface area contributed by atoms with Crippen molar-refractivity contribution in [3.8, 4) is 0 Å². The molecule has 2 unspecified atom stereocenters. The lowest BCUT2D eigenvalue weighted by Gasteiger charge is -2.31. The normalized spacial score (nSPS) is 18.1. The van der Waals surface area contributed by atoms with Crippen molar-refractivity contribution in [2.24, 2.45) is 5.16 Å². The zero-order chi connectivity index (χ0) is 16.4. The molecule has 0 spiro atoms. The number of nitrogens with zero attached hydrogens (tertiary/aromatic N) is 2. The van der Waals surface area contributed by atoms with E-state index in [2.05, 4.69) is 70.9 Å². The zero-order valence-electron chi connectivity index (χ0n) is 13.4. The first kappa shape index (κ1) is 15.0. The summed E-state index contributed by atoms with van der Waals surface area (Å²) < 4.78 is 0. The van der Waals surface area contributed by atoms with Gasteiger partial charge in [-0.05, 0) is 23.9 Å². The van der Waals surface area contributed by atoms with Gasteiger partial charge in [0, 0.05) is 5.56 Å². The second-order valence-electron chi connectivity index (χ2n) is 5.75. The van der Waals surface area contributed by atoms with Gasteiger partial charge in [0.25, 0.3) is 0 Å². The van der Waals surface area contributed by atoms with Crippen LogP contribution in [0.3, 0.4) is 0 Å². The number of hydrogen-bond acceptors (Lipinski definition) is 4. The van der Waals surface area contributed by atoms with Crippen molar-refractivity contribution < 1.29 is 4.84 Å². The smallest absolute Gasteiger partial charge is 0.237 e. The third-order valence-corrected chi connectivity index (χ3v) is 5.16. The van der Waals surface area contributed by atoms with Crippen LogP contribution in [0.5, 0.6) is 0 Å². The fraction of sp³-hybridized carbons (Fsp3) is 0.150. The van der Waals surface area contributed by atoms with Crippen LogP contribution in [-0.4, -0.2) is 10.7 Å². The van der Waals surface area contributed by atoms with Crippen molar-refractivity contribution >= 4 is 17.2 Å². The highest BCUT2D eigenvalue weighted by molar-refractivity contribution is 7.10. The van der Waals surface area contributed by atoms with Crippen molar-refractivity contribution in [3.63, 3.8) is 0 Å². The minimum atomic E-state index is -0.185. The van der Waals surface area contributed by atoms with Gasteiger partial charge in [0.05, 0.1) is 10.9 Å². The SMILES string of the molecule is CC(c1ccccc1)N1C(c2ccccc2)=NOC1c1cccs1. The monoisotopic (exact) mass is 334 g/mol. The van der Waals surface area contributed by atoms with Crippen molar-refractivity contribution in [3.05, 3.63) is 94.2 Å². The molecule has 1 aromatic heterocycles. The Hall–Kier alpha value is -2.59. The summed E-state index contributed by atoms with van der Waals surface area (Å²) in [4.78, 5) is 9.26. The van der Waals surface area contributed by atoms with E-state index in [9.17, 15) is 0 Å². The topological polar surface area (TPSA) is 24.8 Å². The predicted octanol–water partition coefficient (Wildman–Crippen LogP) is 5.20. The molecule has 4 heteroatoms. The maximum absolute atomic E-state index is 5.84. The molecule has 4 rings (SSSR count). The number of rotatable bonds is 4. The van der Waals surface area contributed by atoms with Crippen LogP contribution in [0.15, 0.2) is 83.3 Å². The van der Waals surface area contributed by atoms with E-state index in [1.807, 2.05) is 24.3 Å². The summed E-state index contributed by atoms with van der Waals surface area (Å²) in [5.41, 5.74) is 2.31. The fourth-order valence-corrected chi connectivity index (χ4v) is 3.74. The molecule has 2 heterocycles. The highest BCUT2D eigenvalue weighted by Gasteiger charge is 2.36. The lowest BCUT2D eigenvalue weighted by atomic mass is 10.0. The minimum absolute atomic E-state index is 0.153. The van der Waals surface area contributed by atoms with E-state index in [0.717, 1.165) is 16.3 Å². The first-order valence-corrected chi connectivity index (χ1v) is 8.88. The number of benzene rings is 2. The Morgan fingerprint density at radius 1 is 0.958 bits per heavy atom. The summed E-state index contributed by atoms with van der Waals surface area (Å²) in [6, 6.07) is 25.0. The van der Waals surface area contributed by atoms with Gasteiger partial charge in [0.2, 0.25) is 6.23 Å². The Balaban J connectivity index is 1.74. The van der Waals surface area contributed by atoms with Crippen LogP contribution in [0, 0.1) is 0 Å². The van der Waals surface area contributed by atoms with Crippen molar-refractivity contribution in [1.82, 2.24) is 4.90 Å². The molecule has 0 amide bonds. The summed E-state index contributed by atoms with van der Waals surface area (Å²) in [7, 11) is 0. The van der Waals surface area contributed by atoms with E-state index >= 15 is 0 Å². The molecule has 0 aliphatic carbocycles. The Labute approximate surface area is 145 Å². The quantitative estimate of drug-likeness (QED) is 0.655. The summed E-state index contributed by atoms with van der Waals surface area (Å²) in [6.07, 6.45) is -0.185. The average molecular weight is 334 g/mol. The summed E-state index contributed by atoms with van der Waals surface area (Å²) in [5.74, 6) is 0.880. The van der Waals surface area contributed by atoms with Crippen LogP contribution >= 0.6 is 11.3 Å². The Morgan fingerprint density at radius 3 is 2.33 bits per heavy atom. The molecular formula is C20H18N2OS. The van der Waals surface area contributed by atoms with Crippen LogP contribution in [0.2, 0.25) is 0 Å². The molecule has 2 aromatic carbocycles. The number of oxime groups is 1. The maximum Gasteiger partial charge on any atom is 0.237 e. The van der Waals surface area contributed by atoms with Gasteiger partial charge in [-0.3, -0.25) is 0 Å².